The molecule has 12 heteroatoms. The van der Waals surface area contributed by atoms with Crippen LogP contribution in [-0.4, -0.2) is 64.4 Å². The number of rotatable bonds is 12. The number of halogens is 1. The summed E-state index contributed by atoms with van der Waals surface area (Å²) in [5.74, 6) is 3.08. The van der Waals surface area contributed by atoms with Gasteiger partial charge in [0.1, 0.15) is 0 Å². The van der Waals surface area contributed by atoms with Gasteiger partial charge in [-0.25, -0.2) is 19.9 Å². The van der Waals surface area contributed by atoms with Crippen molar-refractivity contribution in [2.75, 3.05) is 0 Å². The molecule has 8 nitrogen and oxygen atoms in total. The number of benzene rings is 18. The van der Waals surface area contributed by atoms with E-state index in [1.807, 2.05) is 84.9 Å². The van der Waals surface area contributed by atoms with Gasteiger partial charge in [-0.3, -0.25) is 0 Å². The molecule has 5 heterocycles. The molecule has 1 fully saturated rings. The number of hydrogen-bond acceptors (Lipinski definition) is 8. The molecule has 1 saturated heterocycles. The Morgan fingerprint density at radius 2 is 0.500 bits per heavy atom. The quantitative estimate of drug-likeness (QED) is 0.0882. The minimum absolute atomic E-state index is 0.191. The standard InChI is InChI=1S/C53H35N3Si.C38H33BO2Si.C21H14ClN3/c1-5-17-36(18-6-1)37-29-31-39(32-30-37)52-54-51(38-19-7-2-8-20-38)55-53(56-52)40-33-34-45-47(35-40)43-25-13-14-26-44(43)49-46-27-15-16-28-48(46)57(50(45)49,41-21-9-3-10-22-41)42-23-11-4-12-24-42;1-37(2)38(3,4)41-39(40-37)26-23-24-31-33(25-26)29-19-11-12-20-30(29)35-32-21-13-14-22-34(32)42(36(31)35,27-15-7-5-8-16-27)28-17-9-6-10-18-28;22-21-24-19(17-9-5-2-6-10-17)23-20(25-21)18-13-11-16(12-14-18)15-7-3-1-4-8-15/h1-35H;5-25H,1-4H3;1-14H. The SMILES string of the molecule is CC1(C)OB(c2ccc3c4c(c5ccccc5c3c2)-c2ccccc2[Si]4(c2ccccc2)c2ccccc2)OC1(C)C.Clc1nc(-c2ccccc2)nc(-c2ccc(-c3ccccc3)cc2)n1.c1ccc(-c2ccc(-c3nc(-c4ccccc4)nc(-c4ccc5c6c(c7ccccc7c5c4)-c4ccccc4[Si]6(c4ccccc4)c4ccccc4)n3)cc2)cc1. The van der Waals surface area contributed by atoms with Crippen molar-refractivity contribution in [1.29, 1.82) is 0 Å². The van der Waals surface area contributed by atoms with Crippen LogP contribution in [0.3, 0.4) is 0 Å². The lowest BCUT2D eigenvalue weighted by molar-refractivity contribution is 0.00578. The van der Waals surface area contributed by atoms with E-state index < -0.39 is 34.5 Å². The smallest absolute Gasteiger partial charge is 0.399 e. The predicted octanol–water partition coefficient (Wildman–Crippen LogP) is 21.4. The normalized spacial score (nSPS) is 14.0. The topological polar surface area (TPSA) is 95.8 Å². The number of aromatic nitrogens is 6. The predicted molar refractivity (Wildman–Crippen MR) is 520 cm³/mol. The van der Waals surface area contributed by atoms with Gasteiger partial charge in [0.05, 0.1) is 11.2 Å². The lowest BCUT2D eigenvalue weighted by Crippen LogP contribution is -2.73. The monoisotopic (exact) mass is 1640 g/mol. The molecule has 590 valence electrons. The van der Waals surface area contributed by atoms with Crippen LogP contribution in [0.2, 0.25) is 5.28 Å². The fourth-order valence-electron chi connectivity index (χ4n) is 19.0. The third kappa shape index (κ3) is 13.4. The summed E-state index contributed by atoms with van der Waals surface area (Å²) in [7, 11) is -5.85. The highest BCUT2D eigenvalue weighted by Crippen LogP contribution is 2.44. The second-order valence-corrected chi connectivity index (χ2v) is 40.7. The van der Waals surface area contributed by atoms with Crippen LogP contribution < -0.4 is 47.0 Å². The van der Waals surface area contributed by atoms with Crippen LogP contribution in [0.15, 0.2) is 425 Å². The van der Waals surface area contributed by atoms with Crippen molar-refractivity contribution in [3.05, 3.63) is 430 Å². The summed E-state index contributed by atoms with van der Waals surface area (Å²) < 4.78 is 13.0. The highest BCUT2D eigenvalue weighted by atomic mass is 35.5. The van der Waals surface area contributed by atoms with Gasteiger partial charge in [0, 0.05) is 27.8 Å². The molecule has 0 aliphatic carbocycles. The van der Waals surface area contributed by atoms with Gasteiger partial charge in [0.2, 0.25) is 5.28 Å². The summed E-state index contributed by atoms with van der Waals surface area (Å²) >= 11 is 6.11. The Morgan fingerprint density at radius 3 is 0.879 bits per heavy atom. The Balaban J connectivity index is 0.000000123. The Hall–Kier alpha value is -14.3. The first-order valence-corrected chi connectivity index (χ1v) is 46.6. The lowest BCUT2D eigenvalue weighted by Gasteiger charge is -2.32. The molecular weight excluding hydrogens is 1560 g/mol. The maximum absolute atomic E-state index is 6.52. The Bertz CT molecular complexity index is 7320. The minimum atomic E-state index is -2.78. The van der Waals surface area contributed by atoms with Gasteiger partial charge in [-0.15, -0.1) is 0 Å². The van der Waals surface area contributed by atoms with Gasteiger partial charge in [-0.2, -0.15) is 9.97 Å². The minimum Gasteiger partial charge on any atom is -0.399 e. The van der Waals surface area contributed by atoms with Gasteiger partial charge < -0.3 is 9.31 Å². The van der Waals surface area contributed by atoms with Crippen LogP contribution in [0.1, 0.15) is 27.7 Å². The molecule has 20 aromatic rings. The lowest BCUT2D eigenvalue weighted by atomic mass is 9.77. The molecule has 0 radical (unpaired) electrons. The summed E-state index contributed by atoms with van der Waals surface area (Å²) in [5, 5.41) is 21.7. The van der Waals surface area contributed by atoms with E-state index in [0.29, 0.717) is 29.1 Å². The van der Waals surface area contributed by atoms with Gasteiger partial charge in [0.25, 0.3) is 0 Å². The summed E-state index contributed by atoms with van der Waals surface area (Å²) in [5.41, 5.74) is 15.0. The van der Waals surface area contributed by atoms with E-state index in [4.69, 9.17) is 35.9 Å². The van der Waals surface area contributed by atoms with E-state index >= 15 is 0 Å². The molecule has 18 aromatic carbocycles. The Labute approximate surface area is 729 Å². The zero-order valence-corrected chi connectivity index (χ0v) is 71.6. The molecule has 0 amide bonds. The van der Waals surface area contributed by atoms with E-state index in [1.165, 1.54) is 118 Å². The summed E-state index contributed by atoms with van der Waals surface area (Å²) in [4.78, 5) is 28.5. The summed E-state index contributed by atoms with van der Waals surface area (Å²) in [6.45, 7) is 8.47. The second kappa shape index (κ2) is 32.0. The first kappa shape index (κ1) is 77.1. The van der Waals surface area contributed by atoms with E-state index in [0.717, 1.165) is 44.4 Å². The number of fused-ring (bicyclic) bond motifs is 16. The molecule has 124 heavy (non-hydrogen) atoms. The van der Waals surface area contributed by atoms with E-state index in [1.54, 1.807) is 0 Å². The molecule has 0 atom stereocenters. The first-order chi connectivity index (χ1) is 60.9. The van der Waals surface area contributed by atoms with Crippen LogP contribution in [0, 0.1) is 0 Å². The molecule has 0 bridgehead atoms. The van der Waals surface area contributed by atoms with Gasteiger partial charge in [-0.05, 0) is 180 Å². The molecule has 0 saturated carbocycles. The first-order valence-electron chi connectivity index (χ1n) is 42.3. The maximum atomic E-state index is 6.52. The van der Waals surface area contributed by atoms with E-state index in [9.17, 15) is 0 Å². The van der Waals surface area contributed by atoms with Crippen molar-refractivity contribution in [3.8, 4) is 101 Å². The molecule has 3 aliphatic heterocycles. The maximum Gasteiger partial charge on any atom is 0.494 e. The average Bonchev–Trinajstić information content (AvgIpc) is 1.51. The highest BCUT2D eigenvalue weighted by Gasteiger charge is 2.54. The van der Waals surface area contributed by atoms with Crippen molar-refractivity contribution >= 4 is 125 Å². The van der Waals surface area contributed by atoms with E-state index in [2.05, 4.69) is 382 Å². The molecule has 3 aliphatic rings. The fourth-order valence-corrected chi connectivity index (χ4v) is 30.0. The molecule has 2 aromatic heterocycles. The van der Waals surface area contributed by atoms with Crippen molar-refractivity contribution < 1.29 is 9.31 Å². The van der Waals surface area contributed by atoms with Crippen LogP contribution in [0.4, 0.5) is 0 Å². The van der Waals surface area contributed by atoms with Crippen LogP contribution in [0.25, 0.3) is 145 Å². The zero-order chi connectivity index (χ0) is 83.5. The van der Waals surface area contributed by atoms with Crippen molar-refractivity contribution in [3.63, 3.8) is 0 Å². The van der Waals surface area contributed by atoms with Gasteiger partial charge in [-0.1, -0.05) is 419 Å². The van der Waals surface area contributed by atoms with Gasteiger partial charge in [0.15, 0.2) is 45.3 Å². The van der Waals surface area contributed by atoms with Crippen molar-refractivity contribution in [1.82, 2.24) is 29.9 Å². The third-order valence-electron chi connectivity index (χ3n) is 25.4. The summed E-state index contributed by atoms with van der Waals surface area (Å²) in [6.07, 6.45) is 0. The third-order valence-corrected chi connectivity index (χ3v) is 35.4. The highest BCUT2D eigenvalue weighted by molar-refractivity contribution is 7.24. The number of hydrogen-bond donors (Lipinski definition) is 0. The molecule has 0 N–H and O–H groups in total. The van der Waals surface area contributed by atoms with Crippen LogP contribution in [-0.2, 0) is 9.31 Å². The largest absolute Gasteiger partial charge is 0.494 e. The molecule has 0 unspecified atom stereocenters. The van der Waals surface area contributed by atoms with Crippen LogP contribution in [0.5, 0.6) is 0 Å². The van der Waals surface area contributed by atoms with Crippen LogP contribution >= 0.6 is 11.6 Å². The van der Waals surface area contributed by atoms with Crippen molar-refractivity contribution in [2.24, 2.45) is 0 Å². The van der Waals surface area contributed by atoms with E-state index in [-0.39, 0.29) is 5.28 Å². The zero-order valence-electron chi connectivity index (χ0n) is 68.9. The average molecular weight is 1650 g/mol. The Morgan fingerprint density at radius 1 is 0.234 bits per heavy atom. The van der Waals surface area contributed by atoms with Gasteiger partial charge >= 0.3 is 7.12 Å². The number of nitrogens with zero attached hydrogens (tertiary/aromatic N) is 6. The van der Waals surface area contributed by atoms with Crippen molar-refractivity contribution in [2.45, 2.75) is 38.9 Å². The molecular formula is C112H82BClN6O2Si2. The Kier molecular flexibility index (Phi) is 19.9. The second-order valence-electron chi connectivity index (χ2n) is 33.0. The summed E-state index contributed by atoms with van der Waals surface area (Å²) in [6, 6.07) is 152. The fraction of sp³-hybridized carbons (Fsp3) is 0.0536. The molecule has 23 rings (SSSR count). The molecule has 0 spiro atoms.